The van der Waals surface area contributed by atoms with Gasteiger partial charge in [-0.1, -0.05) is 35.9 Å². The number of aliphatic hydroxyl groups excluding tert-OH is 1. The van der Waals surface area contributed by atoms with Crippen LogP contribution in [0.3, 0.4) is 0 Å². The molecular formula is C22H21ClNNaO5S. The summed E-state index contributed by atoms with van der Waals surface area (Å²) in [6.07, 6.45) is -0.711. The Kier molecular flexibility index (Phi) is 9.27. The SMILES string of the molecule is O=C(O)c1ccc(S(=O)(=O)c2ccc(CNC[C@@H](O)c3cccc(Cl)c3)cc2)cc1.[H-].[Na+]. The van der Waals surface area contributed by atoms with Crippen LogP contribution in [0.2, 0.25) is 5.02 Å². The number of halogens is 1. The maximum atomic E-state index is 12.7. The van der Waals surface area contributed by atoms with E-state index in [1.165, 1.54) is 36.4 Å². The Morgan fingerprint density at radius 2 is 1.58 bits per heavy atom. The minimum Gasteiger partial charge on any atom is -1.00 e. The van der Waals surface area contributed by atoms with Gasteiger partial charge in [-0.15, -0.1) is 0 Å². The van der Waals surface area contributed by atoms with Crippen molar-refractivity contribution >= 4 is 27.4 Å². The van der Waals surface area contributed by atoms with Crippen LogP contribution in [-0.4, -0.2) is 31.1 Å². The first kappa shape index (κ1) is 25.5. The van der Waals surface area contributed by atoms with Gasteiger partial charge in [-0.3, -0.25) is 0 Å². The largest absolute Gasteiger partial charge is 1.00 e. The van der Waals surface area contributed by atoms with Gasteiger partial charge in [-0.2, -0.15) is 0 Å². The van der Waals surface area contributed by atoms with Crippen molar-refractivity contribution in [1.82, 2.24) is 5.32 Å². The molecule has 158 valence electrons. The number of sulfone groups is 1. The van der Waals surface area contributed by atoms with E-state index in [4.69, 9.17) is 16.7 Å². The second-order valence-corrected chi connectivity index (χ2v) is 9.06. The Hall–Kier alpha value is -1.71. The Labute approximate surface area is 209 Å². The molecule has 0 heterocycles. The Morgan fingerprint density at radius 1 is 1.00 bits per heavy atom. The first-order valence-electron chi connectivity index (χ1n) is 9.09. The predicted molar refractivity (Wildman–Crippen MR) is 115 cm³/mol. The van der Waals surface area contributed by atoms with Crippen LogP contribution in [0, 0.1) is 0 Å². The van der Waals surface area contributed by atoms with Gasteiger partial charge in [-0.05, 0) is 59.7 Å². The number of aliphatic hydroxyl groups is 1. The first-order chi connectivity index (χ1) is 14.3. The molecule has 3 aromatic rings. The summed E-state index contributed by atoms with van der Waals surface area (Å²) in [6, 6.07) is 18.5. The number of carboxylic acids is 1. The fourth-order valence-corrected chi connectivity index (χ4v) is 4.34. The van der Waals surface area contributed by atoms with E-state index < -0.39 is 21.9 Å². The molecular weight excluding hydrogens is 449 g/mol. The molecule has 0 aliphatic carbocycles. The molecule has 0 aliphatic heterocycles. The van der Waals surface area contributed by atoms with Crippen LogP contribution in [-0.2, 0) is 16.4 Å². The van der Waals surface area contributed by atoms with Crippen molar-refractivity contribution in [2.24, 2.45) is 0 Å². The summed E-state index contributed by atoms with van der Waals surface area (Å²) in [5, 5.41) is 22.8. The summed E-state index contributed by atoms with van der Waals surface area (Å²) in [5.41, 5.74) is 1.59. The van der Waals surface area contributed by atoms with Crippen LogP contribution in [0.25, 0.3) is 0 Å². The van der Waals surface area contributed by atoms with E-state index in [9.17, 15) is 18.3 Å². The molecule has 1 atom stereocenters. The molecule has 3 aromatic carbocycles. The van der Waals surface area contributed by atoms with Crippen LogP contribution in [0.5, 0.6) is 0 Å². The average Bonchev–Trinajstić information content (AvgIpc) is 2.74. The summed E-state index contributed by atoms with van der Waals surface area (Å²) >= 11 is 5.93. The van der Waals surface area contributed by atoms with E-state index >= 15 is 0 Å². The molecule has 0 saturated heterocycles. The maximum Gasteiger partial charge on any atom is 1.00 e. The number of aromatic carboxylic acids is 1. The third kappa shape index (κ3) is 6.63. The number of rotatable bonds is 8. The molecule has 0 saturated carbocycles. The van der Waals surface area contributed by atoms with Crippen molar-refractivity contribution in [3.05, 3.63) is 94.5 Å². The third-order valence-corrected chi connectivity index (χ3v) is 6.57. The fourth-order valence-electron chi connectivity index (χ4n) is 2.88. The van der Waals surface area contributed by atoms with Crippen LogP contribution in [0.4, 0.5) is 0 Å². The van der Waals surface area contributed by atoms with Crippen LogP contribution >= 0.6 is 11.6 Å². The fraction of sp³-hybridized carbons (Fsp3) is 0.136. The third-order valence-electron chi connectivity index (χ3n) is 4.55. The zero-order valence-corrected chi connectivity index (χ0v) is 20.4. The van der Waals surface area contributed by atoms with Crippen molar-refractivity contribution in [2.75, 3.05) is 6.54 Å². The van der Waals surface area contributed by atoms with Crippen molar-refractivity contribution in [2.45, 2.75) is 22.4 Å². The number of nitrogens with one attached hydrogen (secondary N) is 1. The van der Waals surface area contributed by atoms with E-state index in [1.54, 1.807) is 36.4 Å². The maximum absolute atomic E-state index is 12.7. The van der Waals surface area contributed by atoms with Crippen molar-refractivity contribution in [1.29, 1.82) is 0 Å². The van der Waals surface area contributed by atoms with Gasteiger partial charge in [0.05, 0.1) is 21.5 Å². The number of hydrogen-bond donors (Lipinski definition) is 3. The Balaban J connectivity index is 0.00000256. The monoisotopic (exact) mass is 469 g/mol. The molecule has 3 rings (SSSR count). The normalized spacial score (nSPS) is 12.1. The average molecular weight is 470 g/mol. The van der Waals surface area contributed by atoms with Crippen molar-refractivity contribution < 1.29 is 54.4 Å². The number of carboxylic acid groups (broad SMARTS) is 1. The molecule has 6 nitrogen and oxygen atoms in total. The zero-order chi connectivity index (χ0) is 21.7. The van der Waals surface area contributed by atoms with Gasteiger partial charge in [0, 0.05) is 18.1 Å². The van der Waals surface area contributed by atoms with Gasteiger partial charge in [0.2, 0.25) is 9.84 Å². The standard InChI is InChI=1S/C22H20ClNO5S.Na.H/c23-18-3-1-2-17(12-18)21(25)14-24-13-15-4-8-19(9-5-15)30(28,29)20-10-6-16(7-11-20)22(26)27;;/h1-12,21,24-25H,13-14H2,(H,26,27);;/q;+1;-1/t21-;;/m1../s1. The number of hydrogen-bond acceptors (Lipinski definition) is 5. The van der Waals surface area contributed by atoms with Crippen molar-refractivity contribution in [3.63, 3.8) is 0 Å². The summed E-state index contributed by atoms with van der Waals surface area (Å²) in [4.78, 5) is 11.1. The Bertz CT molecular complexity index is 1140. The molecule has 0 bridgehead atoms. The van der Waals surface area contributed by atoms with Crippen molar-refractivity contribution in [3.8, 4) is 0 Å². The zero-order valence-electron chi connectivity index (χ0n) is 17.8. The summed E-state index contributed by atoms with van der Waals surface area (Å²) in [5.74, 6) is -1.11. The second kappa shape index (κ2) is 11.2. The first-order valence-corrected chi connectivity index (χ1v) is 10.9. The molecule has 3 N–H and O–H groups in total. The predicted octanol–water partition coefficient (Wildman–Crippen LogP) is 0.811. The second-order valence-electron chi connectivity index (χ2n) is 6.68. The van der Waals surface area contributed by atoms with Gasteiger partial charge in [0.15, 0.2) is 0 Å². The molecule has 0 radical (unpaired) electrons. The number of benzene rings is 3. The quantitative estimate of drug-likeness (QED) is 0.422. The topological polar surface area (TPSA) is 104 Å². The summed E-state index contributed by atoms with van der Waals surface area (Å²) in [6.45, 7) is 0.765. The number of carbonyl (C=O) groups is 1. The molecule has 0 fully saturated rings. The van der Waals surface area contributed by atoms with E-state index in [2.05, 4.69) is 5.32 Å². The van der Waals surface area contributed by atoms with Gasteiger partial charge in [0.1, 0.15) is 0 Å². The van der Waals surface area contributed by atoms with E-state index in [-0.39, 0.29) is 46.3 Å². The molecule has 9 heteroatoms. The molecule has 31 heavy (non-hydrogen) atoms. The van der Waals surface area contributed by atoms with Crippen LogP contribution < -0.4 is 34.9 Å². The van der Waals surface area contributed by atoms with Gasteiger partial charge >= 0.3 is 35.5 Å². The Morgan fingerprint density at radius 3 is 2.13 bits per heavy atom. The molecule has 0 spiro atoms. The van der Waals surface area contributed by atoms with Crippen LogP contribution in [0.1, 0.15) is 29.0 Å². The molecule has 0 aromatic heterocycles. The summed E-state index contributed by atoms with van der Waals surface area (Å²) in [7, 11) is -3.74. The summed E-state index contributed by atoms with van der Waals surface area (Å²) < 4.78 is 25.4. The molecule has 0 aliphatic rings. The smallest absolute Gasteiger partial charge is 1.00 e. The minimum absolute atomic E-state index is 0. The van der Waals surface area contributed by atoms with Gasteiger partial charge in [0.25, 0.3) is 0 Å². The molecule has 0 amide bonds. The van der Waals surface area contributed by atoms with E-state index in [1.807, 2.05) is 0 Å². The molecule has 0 unspecified atom stereocenters. The minimum atomic E-state index is -3.74. The van der Waals surface area contributed by atoms with Gasteiger partial charge < -0.3 is 17.0 Å². The van der Waals surface area contributed by atoms with Crippen LogP contribution in [0.15, 0.2) is 82.6 Å². The van der Waals surface area contributed by atoms with E-state index in [0.717, 1.165) is 5.56 Å². The van der Waals surface area contributed by atoms with E-state index in [0.29, 0.717) is 23.7 Å². The van der Waals surface area contributed by atoms with Gasteiger partial charge in [-0.25, -0.2) is 13.2 Å².